The number of ether oxygens (including phenoxy) is 1. The summed E-state index contributed by atoms with van der Waals surface area (Å²) in [7, 11) is 0. The van der Waals surface area contributed by atoms with Crippen molar-refractivity contribution in [3.63, 3.8) is 0 Å². The number of nitrogens with zero attached hydrogens (tertiary/aromatic N) is 4. The van der Waals surface area contributed by atoms with Crippen LogP contribution in [0.25, 0.3) is 21.7 Å². The molecule has 0 aliphatic rings. The van der Waals surface area contributed by atoms with Crippen LogP contribution in [0, 0.1) is 5.82 Å². The first-order valence-electron chi connectivity index (χ1n) is 7.09. The number of carbonyl (C=O) groups is 1. The maximum Gasteiger partial charge on any atom is 0.412 e. The Kier molecular flexibility index (Phi) is 5.01. The lowest BCUT2D eigenvalue weighted by molar-refractivity contribution is 0.0636. The summed E-state index contributed by atoms with van der Waals surface area (Å²) in [5, 5.41) is 6.05. The zero-order valence-electron chi connectivity index (χ0n) is 13.4. The Balaban J connectivity index is 2.31. The molecule has 24 heavy (non-hydrogen) atoms. The molecule has 0 unspecified atom stereocenters. The molecule has 0 bridgehead atoms. The lowest BCUT2D eigenvalue weighted by atomic mass is 10.1. The van der Waals surface area contributed by atoms with E-state index in [0.29, 0.717) is 11.3 Å². The third-order valence-corrected chi connectivity index (χ3v) is 2.81. The van der Waals surface area contributed by atoms with E-state index in [-0.39, 0.29) is 17.2 Å². The maximum absolute atomic E-state index is 13.0. The lowest BCUT2D eigenvalue weighted by Crippen LogP contribution is -2.27. The fourth-order valence-corrected chi connectivity index (χ4v) is 1.86. The van der Waals surface area contributed by atoms with E-state index in [9.17, 15) is 9.18 Å². The largest absolute Gasteiger partial charge is 0.444 e. The van der Waals surface area contributed by atoms with Crippen molar-refractivity contribution in [1.29, 1.82) is 0 Å². The third-order valence-electron chi connectivity index (χ3n) is 2.81. The summed E-state index contributed by atoms with van der Waals surface area (Å²) < 4.78 is 18.1. The Labute approximate surface area is 138 Å². The van der Waals surface area contributed by atoms with Crippen LogP contribution in [0.15, 0.2) is 41.6 Å². The Morgan fingerprint density at radius 1 is 1.33 bits per heavy atom. The van der Waals surface area contributed by atoms with Crippen molar-refractivity contribution in [3.05, 3.63) is 52.8 Å². The highest BCUT2D eigenvalue weighted by atomic mass is 19.1. The van der Waals surface area contributed by atoms with Gasteiger partial charge in [-0.2, -0.15) is 0 Å². The zero-order valence-corrected chi connectivity index (χ0v) is 13.4. The van der Waals surface area contributed by atoms with Gasteiger partial charge in [0.05, 0.1) is 23.3 Å². The molecule has 0 aliphatic heterocycles. The van der Waals surface area contributed by atoms with Crippen LogP contribution in [0.1, 0.15) is 20.8 Å². The first-order valence-corrected chi connectivity index (χ1v) is 7.09. The van der Waals surface area contributed by atoms with Gasteiger partial charge in [-0.3, -0.25) is 10.3 Å². The molecule has 2 rings (SSSR count). The number of carbonyl (C=O) groups excluding carboxylic acids is 1. The quantitative estimate of drug-likeness (QED) is 0.477. The van der Waals surface area contributed by atoms with Gasteiger partial charge in [0, 0.05) is 10.5 Å². The molecular formula is C16H16FN5O2. The number of anilines is 1. The molecule has 124 valence electrons. The van der Waals surface area contributed by atoms with Crippen LogP contribution in [0.2, 0.25) is 0 Å². The molecule has 0 spiro atoms. The minimum atomic E-state index is -0.687. The smallest absolute Gasteiger partial charge is 0.412 e. The van der Waals surface area contributed by atoms with Crippen molar-refractivity contribution >= 4 is 17.5 Å². The van der Waals surface area contributed by atoms with Crippen molar-refractivity contribution in [2.75, 3.05) is 5.32 Å². The lowest BCUT2D eigenvalue weighted by Gasteiger charge is -2.20. The van der Waals surface area contributed by atoms with Crippen molar-refractivity contribution in [1.82, 2.24) is 4.98 Å². The van der Waals surface area contributed by atoms with Gasteiger partial charge in [0.2, 0.25) is 0 Å². The van der Waals surface area contributed by atoms with E-state index in [2.05, 4.69) is 20.3 Å². The van der Waals surface area contributed by atoms with E-state index < -0.39 is 11.7 Å². The average molecular weight is 329 g/mol. The topological polar surface area (TPSA) is 100.0 Å². The molecule has 1 aromatic heterocycles. The van der Waals surface area contributed by atoms with E-state index in [1.54, 1.807) is 32.9 Å². The molecule has 1 N–H and O–H groups in total. The van der Waals surface area contributed by atoms with Gasteiger partial charge >= 0.3 is 6.09 Å². The van der Waals surface area contributed by atoms with Gasteiger partial charge < -0.3 is 4.74 Å². The summed E-state index contributed by atoms with van der Waals surface area (Å²) in [5.41, 5.74) is 9.57. The van der Waals surface area contributed by atoms with E-state index >= 15 is 0 Å². The van der Waals surface area contributed by atoms with Gasteiger partial charge in [-0.15, -0.1) is 0 Å². The third kappa shape index (κ3) is 4.69. The van der Waals surface area contributed by atoms with Crippen LogP contribution < -0.4 is 5.32 Å². The first-order chi connectivity index (χ1) is 11.3. The normalized spacial score (nSPS) is 10.7. The van der Waals surface area contributed by atoms with Crippen LogP contribution in [-0.4, -0.2) is 16.7 Å². The SMILES string of the molecule is CC(C)(C)OC(=O)Nc1cnc(-c2ccc(F)cc2)cc1N=[N+]=[N-]. The molecule has 1 aromatic carbocycles. The maximum atomic E-state index is 13.0. The number of hydrogen-bond donors (Lipinski definition) is 1. The van der Waals surface area contributed by atoms with Crippen molar-refractivity contribution in [3.8, 4) is 11.3 Å². The number of halogens is 1. The summed E-state index contributed by atoms with van der Waals surface area (Å²) in [4.78, 5) is 18.8. The predicted octanol–water partition coefficient (Wildman–Crippen LogP) is 5.18. The zero-order chi connectivity index (χ0) is 17.7. The molecule has 0 atom stereocenters. The second kappa shape index (κ2) is 6.97. The summed E-state index contributed by atoms with van der Waals surface area (Å²) in [6, 6.07) is 7.21. The van der Waals surface area contributed by atoms with Gasteiger partial charge in [0.25, 0.3) is 0 Å². The molecule has 2 aromatic rings. The Morgan fingerprint density at radius 2 is 2.00 bits per heavy atom. The van der Waals surface area contributed by atoms with Crippen LogP contribution in [0.4, 0.5) is 20.6 Å². The second-order valence-corrected chi connectivity index (χ2v) is 5.91. The number of pyridine rings is 1. The average Bonchev–Trinajstić information content (AvgIpc) is 2.48. The highest BCUT2D eigenvalue weighted by Crippen LogP contribution is 2.30. The van der Waals surface area contributed by atoms with Crippen LogP contribution in [0.5, 0.6) is 0 Å². The van der Waals surface area contributed by atoms with Crippen LogP contribution in [-0.2, 0) is 4.74 Å². The summed E-state index contributed by atoms with van der Waals surface area (Å²) >= 11 is 0. The monoisotopic (exact) mass is 329 g/mol. The number of rotatable bonds is 3. The Bertz CT molecular complexity index is 793. The van der Waals surface area contributed by atoms with E-state index in [1.807, 2.05) is 0 Å². The van der Waals surface area contributed by atoms with Gasteiger partial charge in [-0.1, -0.05) is 5.11 Å². The summed E-state index contributed by atoms with van der Waals surface area (Å²) in [6.45, 7) is 5.20. The second-order valence-electron chi connectivity index (χ2n) is 5.91. The van der Waals surface area contributed by atoms with Crippen molar-refractivity contribution in [2.45, 2.75) is 26.4 Å². The first kappa shape index (κ1) is 17.2. The Hall–Kier alpha value is -3.12. The van der Waals surface area contributed by atoms with Crippen LogP contribution in [0.3, 0.4) is 0 Å². The Morgan fingerprint density at radius 3 is 2.58 bits per heavy atom. The van der Waals surface area contributed by atoms with E-state index in [4.69, 9.17) is 10.3 Å². The molecule has 0 aliphatic carbocycles. The molecule has 0 radical (unpaired) electrons. The molecule has 0 fully saturated rings. The number of benzene rings is 1. The molecule has 0 saturated carbocycles. The van der Waals surface area contributed by atoms with Gasteiger partial charge in [0.1, 0.15) is 11.4 Å². The van der Waals surface area contributed by atoms with E-state index in [0.717, 1.165) is 0 Å². The van der Waals surface area contributed by atoms with Crippen molar-refractivity contribution in [2.24, 2.45) is 5.11 Å². The summed E-state index contributed by atoms with van der Waals surface area (Å²) in [5.74, 6) is -0.364. The number of nitrogens with one attached hydrogen (secondary N) is 1. The van der Waals surface area contributed by atoms with E-state index in [1.165, 1.54) is 24.4 Å². The van der Waals surface area contributed by atoms with Crippen LogP contribution >= 0.6 is 0 Å². The highest BCUT2D eigenvalue weighted by Gasteiger charge is 2.17. The predicted molar refractivity (Wildman–Crippen MR) is 88.3 cm³/mol. The standard InChI is InChI=1S/C16H16FN5O2/c1-16(2,3)24-15(23)20-14-9-19-12(8-13(14)21-22-18)10-4-6-11(17)7-5-10/h4-9H,1-3H3,(H,20,23). The molecular weight excluding hydrogens is 313 g/mol. The number of amides is 1. The molecule has 0 saturated heterocycles. The number of aromatic nitrogens is 1. The molecule has 1 heterocycles. The number of hydrogen-bond acceptors (Lipinski definition) is 4. The molecule has 7 nitrogen and oxygen atoms in total. The number of azide groups is 1. The molecule has 8 heteroatoms. The molecule has 1 amide bonds. The van der Waals surface area contributed by atoms with Gasteiger partial charge in [-0.25, -0.2) is 9.18 Å². The fraction of sp³-hybridized carbons (Fsp3) is 0.250. The summed E-state index contributed by atoms with van der Waals surface area (Å²) in [6.07, 6.45) is 0.667. The van der Waals surface area contributed by atoms with Gasteiger partial charge in [-0.05, 0) is 56.6 Å². The minimum absolute atomic E-state index is 0.178. The van der Waals surface area contributed by atoms with Gasteiger partial charge in [0.15, 0.2) is 0 Å². The minimum Gasteiger partial charge on any atom is -0.444 e. The van der Waals surface area contributed by atoms with Crippen molar-refractivity contribution < 1.29 is 13.9 Å². The fourth-order valence-electron chi connectivity index (χ4n) is 1.86. The highest BCUT2D eigenvalue weighted by molar-refractivity contribution is 5.89.